The highest BCUT2D eigenvalue weighted by Crippen LogP contribution is 2.33. The van der Waals surface area contributed by atoms with Crippen LogP contribution in [0.5, 0.6) is 0 Å². The number of nitrogens with zero attached hydrogens (tertiary/aromatic N) is 1. The molecule has 2 heterocycles. The minimum Gasteiger partial charge on any atom is -0.465 e. The maximum absolute atomic E-state index is 12.1. The van der Waals surface area contributed by atoms with Crippen molar-refractivity contribution in [1.29, 1.82) is 0 Å². The van der Waals surface area contributed by atoms with Gasteiger partial charge in [-0.15, -0.1) is 0 Å². The number of hydrogen-bond acceptors (Lipinski definition) is 7. The van der Waals surface area contributed by atoms with Gasteiger partial charge in [-0.05, 0) is 34.6 Å². The fourth-order valence-corrected chi connectivity index (χ4v) is 2.39. The normalized spacial score (nSPS) is 22.8. The fourth-order valence-electron chi connectivity index (χ4n) is 2.39. The Bertz CT molecular complexity index is 612. The topological polar surface area (TPSA) is 74.3 Å². The predicted octanol–water partition coefficient (Wildman–Crippen LogP) is 2.17. The average Bonchev–Trinajstić information content (AvgIpc) is 2.99. The molecule has 0 spiro atoms. The molecular formula is C16H21NO6. The van der Waals surface area contributed by atoms with Crippen LogP contribution < -0.4 is 0 Å². The maximum atomic E-state index is 12.1. The molecule has 1 fully saturated rings. The van der Waals surface area contributed by atoms with E-state index in [1.165, 1.54) is 0 Å². The van der Waals surface area contributed by atoms with Crippen molar-refractivity contribution in [3.8, 4) is 0 Å². The van der Waals surface area contributed by atoms with Gasteiger partial charge in [-0.25, -0.2) is 9.59 Å². The smallest absolute Gasteiger partial charge is 0.348 e. The summed E-state index contributed by atoms with van der Waals surface area (Å²) < 4.78 is 21.2. The van der Waals surface area contributed by atoms with Crippen LogP contribution in [0.15, 0.2) is 34.6 Å². The van der Waals surface area contributed by atoms with E-state index in [0.29, 0.717) is 30.4 Å². The Morgan fingerprint density at radius 2 is 1.78 bits per heavy atom. The Morgan fingerprint density at radius 3 is 2.35 bits per heavy atom. The van der Waals surface area contributed by atoms with Crippen LogP contribution >= 0.6 is 0 Å². The minimum atomic E-state index is -0.754. The Balaban J connectivity index is 2.46. The summed E-state index contributed by atoms with van der Waals surface area (Å²) in [5.74, 6) is -1.01. The molecule has 23 heavy (non-hydrogen) atoms. The molecule has 0 aliphatic carbocycles. The Hall–Kier alpha value is -2.28. The lowest BCUT2D eigenvalue weighted by atomic mass is 10.0. The first-order chi connectivity index (χ1) is 10.9. The first-order valence-electron chi connectivity index (χ1n) is 7.47. The lowest BCUT2D eigenvalue weighted by Crippen LogP contribution is -2.30. The van der Waals surface area contributed by atoms with E-state index in [4.69, 9.17) is 18.9 Å². The largest absolute Gasteiger partial charge is 0.465 e. The molecule has 0 bridgehead atoms. The zero-order valence-corrected chi connectivity index (χ0v) is 14.0. The van der Waals surface area contributed by atoms with Gasteiger partial charge in [0.05, 0.1) is 24.0 Å². The summed E-state index contributed by atoms with van der Waals surface area (Å²) in [7, 11) is 0. The number of hydrogen-bond donors (Lipinski definition) is 0. The molecule has 0 radical (unpaired) electrons. The van der Waals surface area contributed by atoms with Gasteiger partial charge in [0.1, 0.15) is 0 Å². The SMILES string of the molecule is CCOC1=CN(C(C)=C2C(=O)OC(=O)C2=C(C)C)C(OCC)O1. The van der Waals surface area contributed by atoms with E-state index in [-0.39, 0.29) is 11.1 Å². The van der Waals surface area contributed by atoms with Crippen molar-refractivity contribution < 1.29 is 28.5 Å². The summed E-state index contributed by atoms with van der Waals surface area (Å²) in [5, 5.41) is 0. The third kappa shape index (κ3) is 3.24. The molecule has 7 nitrogen and oxygen atoms in total. The van der Waals surface area contributed by atoms with Crippen molar-refractivity contribution >= 4 is 11.9 Å². The molecule has 2 aliphatic heterocycles. The summed E-state index contributed by atoms with van der Waals surface area (Å²) in [4.78, 5) is 25.6. The highest BCUT2D eigenvalue weighted by molar-refractivity contribution is 6.18. The van der Waals surface area contributed by atoms with Crippen LogP contribution in [0.3, 0.4) is 0 Å². The second-order valence-corrected chi connectivity index (χ2v) is 5.18. The third-order valence-electron chi connectivity index (χ3n) is 3.38. The Morgan fingerprint density at radius 1 is 1.13 bits per heavy atom. The third-order valence-corrected chi connectivity index (χ3v) is 3.38. The summed E-state index contributed by atoms with van der Waals surface area (Å²) in [5.41, 5.74) is 1.71. The van der Waals surface area contributed by atoms with E-state index in [1.807, 2.05) is 13.8 Å². The molecule has 0 aromatic rings. The van der Waals surface area contributed by atoms with Crippen LogP contribution in [0.4, 0.5) is 0 Å². The van der Waals surface area contributed by atoms with Crippen molar-refractivity contribution in [2.24, 2.45) is 0 Å². The summed E-state index contributed by atoms with van der Waals surface area (Å²) >= 11 is 0. The Kier molecular flexibility index (Phi) is 5.10. The van der Waals surface area contributed by atoms with Gasteiger partial charge < -0.3 is 18.9 Å². The molecule has 0 aromatic heterocycles. The van der Waals surface area contributed by atoms with Crippen LogP contribution in [0, 0.1) is 0 Å². The van der Waals surface area contributed by atoms with E-state index in [0.717, 1.165) is 0 Å². The number of ether oxygens (including phenoxy) is 4. The summed E-state index contributed by atoms with van der Waals surface area (Å²) in [6.07, 6.45) is 0.848. The van der Waals surface area contributed by atoms with Gasteiger partial charge in [0, 0.05) is 12.3 Å². The fraction of sp³-hybridized carbons (Fsp3) is 0.500. The van der Waals surface area contributed by atoms with Crippen LogP contribution in [-0.4, -0.2) is 36.5 Å². The molecule has 7 heteroatoms. The van der Waals surface area contributed by atoms with Gasteiger partial charge in [0.25, 0.3) is 12.4 Å². The van der Waals surface area contributed by atoms with E-state index < -0.39 is 18.4 Å². The molecule has 1 unspecified atom stereocenters. The van der Waals surface area contributed by atoms with Gasteiger partial charge >= 0.3 is 11.9 Å². The van der Waals surface area contributed by atoms with Gasteiger partial charge in [-0.2, -0.15) is 0 Å². The molecule has 2 rings (SSSR count). The van der Waals surface area contributed by atoms with Crippen molar-refractivity contribution in [2.45, 2.75) is 41.0 Å². The highest BCUT2D eigenvalue weighted by atomic mass is 16.8. The van der Waals surface area contributed by atoms with Crippen molar-refractivity contribution in [3.63, 3.8) is 0 Å². The van der Waals surface area contributed by atoms with E-state index in [9.17, 15) is 9.59 Å². The minimum absolute atomic E-state index is 0.220. The van der Waals surface area contributed by atoms with Gasteiger partial charge in [0.2, 0.25) is 0 Å². The lowest BCUT2D eigenvalue weighted by Gasteiger charge is -2.24. The molecular weight excluding hydrogens is 302 g/mol. The van der Waals surface area contributed by atoms with Crippen LogP contribution in [0.25, 0.3) is 0 Å². The van der Waals surface area contributed by atoms with Gasteiger partial charge in [-0.1, -0.05) is 5.57 Å². The molecule has 0 aromatic carbocycles. The molecule has 2 aliphatic rings. The van der Waals surface area contributed by atoms with Gasteiger partial charge in [-0.3, -0.25) is 4.90 Å². The van der Waals surface area contributed by atoms with E-state index in [1.54, 1.807) is 31.9 Å². The number of carbonyl (C=O) groups is 2. The Labute approximate surface area is 135 Å². The van der Waals surface area contributed by atoms with Crippen molar-refractivity contribution in [3.05, 3.63) is 34.6 Å². The molecule has 0 saturated carbocycles. The van der Waals surface area contributed by atoms with Crippen LogP contribution in [0.2, 0.25) is 0 Å². The van der Waals surface area contributed by atoms with Crippen molar-refractivity contribution in [1.82, 2.24) is 4.90 Å². The number of esters is 2. The van der Waals surface area contributed by atoms with Crippen molar-refractivity contribution in [2.75, 3.05) is 13.2 Å². The highest BCUT2D eigenvalue weighted by Gasteiger charge is 2.39. The predicted molar refractivity (Wildman–Crippen MR) is 80.2 cm³/mol. The zero-order chi connectivity index (χ0) is 17.1. The van der Waals surface area contributed by atoms with Crippen LogP contribution in [-0.2, 0) is 28.5 Å². The molecule has 1 saturated heterocycles. The molecule has 126 valence electrons. The molecule has 0 N–H and O–H groups in total. The number of carbonyl (C=O) groups excluding carboxylic acids is 2. The average molecular weight is 323 g/mol. The van der Waals surface area contributed by atoms with Crippen LogP contribution in [0.1, 0.15) is 34.6 Å². The summed E-state index contributed by atoms with van der Waals surface area (Å²) in [6, 6.07) is 0. The van der Waals surface area contributed by atoms with E-state index in [2.05, 4.69) is 0 Å². The first-order valence-corrected chi connectivity index (χ1v) is 7.47. The number of rotatable bonds is 5. The number of cyclic esters (lactones) is 2. The second kappa shape index (κ2) is 6.87. The quantitative estimate of drug-likeness (QED) is 0.436. The second-order valence-electron chi connectivity index (χ2n) is 5.18. The standard InChI is InChI=1S/C16H21NO6/c1-6-20-11-8-17(16(22-11)21-7-2)10(5)13-12(9(3)4)14(18)23-15(13)19/h8,16H,6-7H2,1-5H3. The lowest BCUT2D eigenvalue weighted by molar-refractivity contribution is -0.177. The van der Waals surface area contributed by atoms with Gasteiger partial charge in [0.15, 0.2) is 0 Å². The zero-order valence-electron chi connectivity index (χ0n) is 14.0. The molecule has 1 atom stereocenters. The first kappa shape index (κ1) is 17.1. The maximum Gasteiger partial charge on any atom is 0.348 e. The monoisotopic (exact) mass is 323 g/mol. The van der Waals surface area contributed by atoms with E-state index >= 15 is 0 Å². The number of allylic oxidation sites excluding steroid dienone is 2. The molecule has 0 amide bonds. The summed E-state index contributed by atoms with van der Waals surface area (Å²) in [6.45, 7) is 9.73.